The Balaban J connectivity index is 2.62. The molecule has 1 aromatic carbocycles. The minimum Gasteiger partial charge on any atom is -0.465 e. The molecular weight excluding hydrogens is 310 g/mol. The van der Waals surface area contributed by atoms with E-state index in [1.54, 1.807) is 19.1 Å². The number of halogens is 1. The normalized spacial score (nSPS) is 13.9. The lowest BCUT2D eigenvalue weighted by Crippen LogP contribution is -2.28. The van der Waals surface area contributed by atoms with Crippen LogP contribution in [0.3, 0.4) is 0 Å². The van der Waals surface area contributed by atoms with Crippen molar-refractivity contribution in [3.05, 3.63) is 33.8 Å². The average Bonchev–Trinajstić information content (AvgIpc) is 2.35. The summed E-state index contributed by atoms with van der Waals surface area (Å²) < 4.78 is 5.54. The molecule has 0 spiro atoms. The fourth-order valence-electron chi connectivity index (χ4n) is 1.81. The Hall–Kier alpha value is -0.910. The van der Waals surface area contributed by atoms with Crippen molar-refractivity contribution in [3.8, 4) is 0 Å². The molecule has 0 aliphatic rings. The van der Waals surface area contributed by atoms with E-state index < -0.39 is 0 Å². The van der Waals surface area contributed by atoms with Crippen molar-refractivity contribution < 1.29 is 14.6 Å². The molecule has 0 saturated carbocycles. The second-order valence-electron chi connectivity index (χ2n) is 4.66. The molecule has 0 radical (unpaired) electrons. The largest absolute Gasteiger partial charge is 0.465 e. The molecule has 0 fully saturated rings. The molecule has 4 nitrogen and oxygen atoms in total. The fraction of sp³-hybridized carbons (Fsp3) is 0.500. The first-order chi connectivity index (χ1) is 8.93. The molecule has 0 bridgehead atoms. The second-order valence-corrected chi connectivity index (χ2v) is 5.52. The smallest absolute Gasteiger partial charge is 0.337 e. The minimum absolute atomic E-state index is 0.229. The Morgan fingerprint density at radius 2 is 2.16 bits per heavy atom. The number of carbonyl (C=O) groups excluding carboxylic acids is 1. The van der Waals surface area contributed by atoms with Gasteiger partial charge in [-0.15, -0.1) is 0 Å². The van der Waals surface area contributed by atoms with Gasteiger partial charge in [-0.3, -0.25) is 0 Å². The predicted molar refractivity (Wildman–Crippen MR) is 78.1 cm³/mol. The standard InChI is InChI=1S/C14H20BrNO3/c1-9(6-10(2)17)16-8-12-5-4-11(7-13(12)15)14(18)19-3/h4-5,7,9-10,16-17H,6,8H2,1-3H3. The zero-order chi connectivity index (χ0) is 14.4. The van der Waals surface area contributed by atoms with Crippen molar-refractivity contribution in [1.82, 2.24) is 5.32 Å². The van der Waals surface area contributed by atoms with E-state index in [1.807, 2.05) is 13.0 Å². The maximum atomic E-state index is 11.4. The first-order valence-electron chi connectivity index (χ1n) is 6.22. The van der Waals surface area contributed by atoms with Crippen LogP contribution in [0, 0.1) is 0 Å². The number of hydrogen-bond acceptors (Lipinski definition) is 4. The van der Waals surface area contributed by atoms with Crippen molar-refractivity contribution in [3.63, 3.8) is 0 Å². The summed E-state index contributed by atoms with van der Waals surface area (Å²) in [6.07, 6.45) is 0.394. The van der Waals surface area contributed by atoms with Gasteiger partial charge in [0.1, 0.15) is 0 Å². The van der Waals surface area contributed by atoms with E-state index >= 15 is 0 Å². The highest BCUT2D eigenvalue weighted by molar-refractivity contribution is 9.10. The van der Waals surface area contributed by atoms with Gasteiger partial charge in [-0.05, 0) is 38.0 Å². The van der Waals surface area contributed by atoms with Gasteiger partial charge in [0.15, 0.2) is 0 Å². The molecule has 2 N–H and O–H groups in total. The number of hydrogen-bond donors (Lipinski definition) is 2. The molecule has 0 heterocycles. The molecule has 0 aromatic heterocycles. The van der Waals surface area contributed by atoms with Gasteiger partial charge in [0, 0.05) is 17.1 Å². The molecule has 0 aliphatic heterocycles. The molecule has 19 heavy (non-hydrogen) atoms. The van der Waals surface area contributed by atoms with E-state index in [-0.39, 0.29) is 18.1 Å². The lowest BCUT2D eigenvalue weighted by Gasteiger charge is -2.16. The summed E-state index contributed by atoms with van der Waals surface area (Å²) in [5.41, 5.74) is 1.58. The number of esters is 1. The molecule has 0 amide bonds. The molecule has 1 aromatic rings. The summed E-state index contributed by atoms with van der Waals surface area (Å²) in [5, 5.41) is 12.6. The van der Waals surface area contributed by atoms with Gasteiger partial charge in [0.25, 0.3) is 0 Å². The molecule has 1 rings (SSSR count). The molecule has 5 heteroatoms. The first-order valence-corrected chi connectivity index (χ1v) is 7.01. The number of nitrogens with one attached hydrogen (secondary N) is 1. The number of carbonyl (C=O) groups is 1. The van der Waals surface area contributed by atoms with Crippen LogP contribution in [0.5, 0.6) is 0 Å². The monoisotopic (exact) mass is 329 g/mol. The highest BCUT2D eigenvalue weighted by Gasteiger charge is 2.10. The molecule has 106 valence electrons. The number of benzene rings is 1. The van der Waals surface area contributed by atoms with Crippen LogP contribution >= 0.6 is 15.9 Å². The van der Waals surface area contributed by atoms with Gasteiger partial charge >= 0.3 is 5.97 Å². The quantitative estimate of drug-likeness (QED) is 0.787. The molecule has 2 unspecified atom stereocenters. The average molecular weight is 330 g/mol. The number of methoxy groups -OCH3 is 1. The minimum atomic E-state index is -0.345. The van der Waals surface area contributed by atoms with Gasteiger partial charge in [-0.1, -0.05) is 22.0 Å². The Labute approximate surface area is 122 Å². The number of aliphatic hydroxyl groups excluding tert-OH is 1. The van der Waals surface area contributed by atoms with Gasteiger partial charge in [-0.25, -0.2) is 4.79 Å². The summed E-state index contributed by atoms with van der Waals surface area (Å²) in [5.74, 6) is -0.345. The highest BCUT2D eigenvalue weighted by atomic mass is 79.9. The Kier molecular flexibility index (Phi) is 6.48. The third-order valence-corrected chi connectivity index (χ3v) is 3.55. The van der Waals surface area contributed by atoms with Gasteiger partial charge in [0.05, 0.1) is 18.8 Å². The maximum Gasteiger partial charge on any atom is 0.337 e. The lowest BCUT2D eigenvalue weighted by atomic mass is 10.1. The number of ether oxygens (including phenoxy) is 1. The second kappa shape index (κ2) is 7.62. The van der Waals surface area contributed by atoms with E-state index in [2.05, 4.69) is 26.0 Å². The van der Waals surface area contributed by atoms with Crippen molar-refractivity contribution in [2.45, 2.75) is 39.0 Å². The van der Waals surface area contributed by atoms with Crippen LogP contribution in [0.15, 0.2) is 22.7 Å². The van der Waals surface area contributed by atoms with Gasteiger partial charge in [0.2, 0.25) is 0 Å². The topological polar surface area (TPSA) is 58.6 Å². The third-order valence-electron chi connectivity index (χ3n) is 2.81. The van der Waals surface area contributed by atoms with E-state index in [9.17, 15) is 9.90 Å². The summed E-state index contributed by atoms with van der Waals surface area (Å²) in [6.45, 7) is 4.48. The van der Waals surface area contributed by atoms with Crippen molar-refractivity contribution in [1.29, 1.82) is 0 Å². The highest BCUT2D eigenvalue weighted by Crippen LogP contribution is 2.19. The Morgan fingerprint density at radius 1 is 1.47 bits per heavy atom. The third kappa shape index (κ3) is 5.30. The van der Waals surface area contributed by atoms with E-state index in [0.29, 0.717) is 18.5 Å². The van der Waals surface area contributed by atoms with Crippen LogP contribution in [0.25, 0.3) is 0 Å². The first kappa shape index (κ1) is 16.1. The fourth-order valence-corrected chi connectivity index (χ4v) is 2.33. The van der Waals surface area contributed by atoms with Gasteiger partial charge < -0.3 is 15.2 Å². The zero-order valence-corrected chi connectivity index (χ0v) is 13.0. The Bertz CT molecular complexity index is 435. The SMILES string of the molecule is COC(=O)c1ccc(CNC(C)CC(C)O)c(Br)c1. The molecule has 0 saturated heterocycles. The van der Waals surface area contributed by atoms with Crippen LogP contribution in [0.2, 0.25) is 0 Å². The van der Waals surface area contributed by atoms with Crippen molar-refractivity contribution >= 4 is 21.9 Å². The van der Waals surface area contributed by atoms with Gasteiger partial charge in [-0.2, -0.15) is 0 Å². The van der Waals surface area contributed by atoms with E-state index in [1.165, 1.54) is 7.11 Å². The zero-order valence-electron chi connectivity index (χ0n) is 11.4. The maximum absolute atomic E-state index is 11.4. The summed E-state index contributed by atoms with van der Waals surface area (Å²) in [6, 6.07) is 5.61. The molecular formula is C14H20BrNO3. The van der Waals surface area contributed by atoms with Crippen LogP contribution < -0.4 is 5.32 Å². The van der Waals surface area contributed by atoms with Crippen LogP contribution in [0.1, 0.15) is 36.2 Å². The summed E-state index contributed by atoms with van der Waals surface area (Å²) in [7, 11) is 1.36. The van der Waals surface area contributed by atoms with Crippen molar-refractivity contribution in [2.24, 2.45) is 0 Å². The summed E-state index contributed by atoms with van der Waals surface area (Å²) in [4.78, 5) is 11.4. The van der Waals surface area contributed by atoms with Crippen LogP contribution in [0.4, 0.5) is 0 Å². The van der Waals surface area contributed by atoms with Crippen LogP contribution in [-0.2, 0) is 11.3 Å². The molecule has 2 atom stereocenters. The van der Waals surface area contributed by atoms with Crippen LogP contribution in [-0.4, -0.2) is 30.3 Å². The molecule has 0 aliphatic carbocycles. The Morgan fingerprint density at radius 3 is 2.68 bits per heavy atom. The summed E-state index contributed by atoms with van der Waals surface area (Å²) >= 11 is 3.45. The van der Waals surface area contributed by atoms with E-state index in [4.69, 9.17) is 0 Å². The van der Waals surface area contributed by atoms with Crippen molar-refractivity contribution in [2.75, 3.05) is 7.11 Å². The predicted octanol–water partition coefficient (Wildman–Crippen LogP) is 2.48. The number of rotatable bonds is 6. The van der Waals surface area contributed by atoms with E-state index in [0.717, 1.165) is 10.0 Å². The number of aliphatic hydroxyl groups is 1. The lowest BCUT2D eigenvalue weighted by molar-refractivity contribution is 0.0600.